The average molecular weight is 354 g/mol. The van der Waals surface area contributed by atoms with Gasteiger partial charge in [-0.05, 0) is 69.0 Å². The zero-order valence-electron chi connectivity index (χ0n) is 15.6. The normalized spacial score (nSPS) is 15.8. The van der Waals surface area contributed by atoms with E-state index in [0.29, 0.717) is 18.0 Å². The van der Waals surface area contributed by atoms with Crippen LogP contribution >= 0.6 is 0 Å². The molecule has 0 unspecified atom stereocenters. The second kappa shape index (κ2) is 8.45. The van der Waals surface area contributed by atoms with Gasteiger partial charge in [0.1, 0.15) is 5.82 Å². The summed E-state index contributed by atoms with van der Waals surface area (Å²) in [6.45, 7) is 7.68. The van der Waals surface area contributed by atoms with E-state index in [1.54, 1.807) is 6.07 Å². The third-order valence-corrected chi connectivity index (χ3v) is 5.23. The van der Waals surface area contributed by atoms with E-state index in [-0.39, 0.29) is 11.7 Å². The van der Waals surface area contributed by atoms with E-state index < -0.39 is 0 Å². The number of nitrogens with one attached hydrogen (secondary N) is 1. The highest BCUT2D eigenvalue weighted by Crippen LogP contribution is 2.19. The summed E-state index contributed by atoms with van der Waals surface area (Å²) in [5.41, 5.74) is 3.87. The summed E-state index contributed by atoms with van der Waals surface area (Å²) in [4.78, 5) is 14.8. The van der Waals surface area contributed by atoms with Gasteiger partial charge in [0, 0.05) is 18.7 Å². The van der Waals surface area contributed by atoms with E-state index in [9.17, 15) is 9.18 Å². The van der Waals surface area contributed by atoms with Gasteiger partial charge in [0.15, 0.2) is 0 Å². The monoisotopic (exact) mass is 354 g/mol. The highest BCUT2D eigenvalue weighted by Gasteiger charge is 2.20. The molecule has 0 atom stereocenters. The number of halogens is 1. The minimum absolute atomic E-state index is 0.177. The lowest BCUT2D eigenvalue weighted by molar-refractivity contribution is 0.0934. The molecule has 138 valence electrons. The first-order valence-electron chi connectivity index (χ1n) is 9.33. The second-order valence-corrected chi connectivity index (χ2v) is 7.37. The molecule has 0 radical (unpaired) electrons. The number of piperidine rings is 1. The summed E-state index contributed by atoms with van der Waals surface area (Å²) >= 11 is 0. The summed E-state index contributed by atoms with van der Waals surface area (Å²) in [5.74, 6) is -0.0590. The molecule has 0 saturated carbocycles. The van der Waals surface area contributed by atoms with Gasteiger partial charge in [-0.25, -0.2) is 4.39 Å². The third kappa shape index (κ3) is 4.92. The van der Waals surface area contributed by atoms with Gasteiger partial charge in [-0.2, -0.15) is 0 Å². The van der Waals surface area contributed by atoms with Gasteiger partial charge >= 0.3 is 0 Å². The Morgan fingerprint density at radius 2 is 1.81 bits per heavy atom. The first kappa shape index (κ1) is 18.6. The fourth-order valence-electron chi connectivity index (χ4n) is 3.47. The Balaban J connectivity index is 1.44. The Bertz CT molecular complexity index is 749. The molecule has 1 aliphatic rings. The zero-order chi connectivity index (χ0) is 18.5. The molecule has 1 heterocycles. The number of hydrogen-bond donors (Lipinski definition) is 1. The summed E-state index contributed by atoms with van der Waals surface area (Å²) in [6.07, 6.45) is 2.16. The maximum atomic E-state index is 13.4. The van der Waals surface area contributed by atoms with E-state index in [1.165, 1.54) is 23.3 Å². The molecule has 1 fully saturated rings. The number of hydrogen-bond acceptors (Lipinski definition) is 2. The highest BCUT2D eigenvalue weighted by atomic mass is 19.1. The van der Waals surface area contributed by atoms with Crippen molar-refractivity contribution in [2.75, 3.05) is 19.6 Å². The van der Waals surface area contributed by atoms with Crippen molar-refractivity contribution in [2.24, 2.45) is 5.92 Å². The lowest BCUT2D eigenvalue weighted by atomic mass is 9.96. The molecule has 0 bridgehead atoms. The Morgan fingerprint density at radius 1 is 1.12 bits per heavy atom. The summed E-state index contributed by atoms with van der Waals surface area (Å²) < 4.78 is 13.4. The maximum absolute atomic E-state index is 13.4. The smallest absolute Gasteiger partial charge is 0.251 e. The van der Waals surface area contributed by atoms with Gasteiger partial charge in [-0.15, -0.1) is 0 Å². The number of rotatable bonds is 5. The molecule has 1 saturated heterocycles. The molecular weight excluding hydrogens is 327 g/mol. The van der Waals surface area contributed by atoms with Crippen LogP contribution in [0.25, 0.3) is 0 Å². The van der Waals surface area contributed by atoms with E-state index >= 15 is 0 Å². The lowest BCUT2D eigenvalue weighted by Crippen LogP contribution is -2.38. The van der Waals surface area contributed by atoms with Gasteiger partial charge in [0.25, 0.3) is 5.91 Å². The van der Waals surface area contributed by atoms with Gasteiger partial charge in [0.2, 0.25) is 0 Å². The van der Waals surface area contributed by atoms with Gasteiger partial charge in [-0.3, -0.25) is 9.69 Å². The van der Waals surface area contributed by atoms with Crippen molar-refractivity contribution in [1.29, 1.82) is 0 Å². The number of carbonyl (C=O) groups excluding carboxylic acids is 1. The van der Waals surface area contributed by atoms with Crippen molar-refractivity contribution < 1.29 is 9.18 Å². The number of carbonyl (C=O) groups is 1. The SMILES string of the molecule is Cc1ccc(CN2CCC(CNC(=O)c3cc(F)ccc3C)CC2)cc1. The Morgan fingerprint density at radius 3 is 2.50 bits per heavy atom. The van der Waals surface area contributed by atoms with E-state index in [4.69, 9.17) is 0 Å². The van der Waals surface area contributed by atoms with Crippen LogP contribution in [0.1, 0.15) is 39.9 Å². The van der Waals surface area contributed by atoms with E-state index in [0.717, 1.165) is 38.0 Å². The molecule has 1 amide bonds. The van der Waals surface area contributed by atoms with Gasteiger partial charge in [0.05, 0.1) is 0 Å². The molecule has 1 aliphatic heterocycles. The zero-order valence-corrected chi connectivity index (χ0v) is 15.6. The average Bonchev–Trinajstić information content (AvgIpc) is 2.65. The Labute approximate surface area is 155 Å². The van der Waals surface area contributed by atoms with Crippen LogP contribution in [-0.4, -0.2) is 30.4 Å². The molecule has 2 aromatic rings. The number of likely N-dealkylation sites (tertiary alicyclic amines) is 1. The molecule has 0 aromatic heterocycles. The summed E-state index contributed by atoms with van der Waals surface area (Å²) in [6, 6.07) is 13.1. The van der Waals surface area contributed by atoms with Gasteiger partial charge in [-0.1, -0.05) is 35.9 Å². The van der Waals surface area contributed by atoms with E-state index in [2.05, 4.69) is 41.4 Å². The fraction of sp³-hybridized carbons (Fsp3) is 0.409. The van der Waals surface area contributed by atoms with Crippen LogP contribution in [0.15, 0.2) is 42.5 Å². The molecule has 0 aliphatic carbocycles. The molecule has 4 heteroatoms. The fourth-order valence-corrected chi connectivity index (χ4v) is 3.47. The Kier molecular flexibility index (Phi) is 6.04. The molecular formula is C22H27FN2O. The molecule has 1 N–H and O–H groups in total. The molecule has 2 aromatic carbocycles. The lowest BCUT2D eigenvalue weighted by Gasteiger charge is -2.32. The quantitative estimate of drug-likeness (QED) is 0.877. The maximum Gasteiger partial charge on any atom is 0.251 e. The van der Waals surface area contributed by atoms with Crippen LogP contribution in [0, 0.1) is 25.6 Å². The molecule has 26 heavy (non-hydrogen) atoms. The van der Waals surface area contributed by atoms with Crippen LogP contribution in [0.5, 0.6) is 0 Å². The predicted molar refractivity (Wildman–Crippen MR) is 103 cm³/mol. The van der Waals surface area contributed by atoms with E-state index in [1.807, 2.05) is 6.92 Å². The number of nitrogens with zero attached hydrogens (tertiary/aromatic N) is 1. The number of amides is 1. The van der Waals surface area contributed by atoms with Crippen LogP contribution in [-0.2, 0) is 6.54 Å². The minimum atomic E-state index is -0.370. The molecule has 0 spiro atoms. The predicted octanol–water partition coefficient (Wildman–Crippen LogP) is 4.08. The summed E-state index contributed by atoms with van der Waals surface area (Å²) in [5, 5.41) is 2.98. The van der Waals surface area contributed by atoms with Crippen molar-refractivity contribution >= 4 is 5.91 Å². The summed E-state index contributed by atoms with van der Waals surface area (Å²) in [7, 11) is 0. The van der Waals surface area contributed by atoms with Crippen molar-refractivity contribution in [3.63, 3.8) is 0 Å². The standard InChI is InChI=1S/C22H27FN2O/c1-16-3-6-19(7-4-16)15-25-11-9-18(10-12-25)14-24-22(26)21-13-20(23)8-5-17(21)2/h3-8,13,18H,9-12,14-15H2,1-2H3,(H,24,26). The van der Waals surface area contributed by atoms with Crippen molar-refractivity contribution in [3.8, 4) is 0 Å². The van der Waals surface area contributed by atoms with Crippen molar-refractivity contribution in [1.82, 2.24) is 10.2 Å². The van der Waals surface area contributed by atoms with Crippen LogP contribution < -0.4 is 5.32 Å². The second-order valence-electron chi connectivity index (χ2n) is 7.37. The van der Waals surface area contributed by atoms with Crippen molar-refractivity contribution in [2.45, 2.75) is 33.2 Å². The Hall–Kier alpha value is -2.20. The largest absolute Gasteiger partial charge is 0.352 e. The topological polar surface area (TPSA) is 32.3 Å². The number of aryl methyl sites for hydroxylation is 2. The van der Waals surface area contributed by atoms with Gasteiger partial charge < -0.3 is 5.32 Å². The van der Waals surface area contributed by atoms with Crippen molar-refractivity contribution in [3.05, 3.63) is 70.5 Å². The first-order valence-corrected chi connectivity index (χ1v) is 9.33. The third-order valence-electron chi connectivity index (χ3n) is 5.23. The van der Waals surface area contributed by atoms with Crippen LogP contribution in [0.2, 0.25) is 0 Å². The highest BCUT2D eigenvalue weighted by molar-refractivity contribution is 5.95. The van der Waals surface area contributed by atoms with Crippen LogP contribution in [0.4, 0.5) is 4.39 Å². The number of benzene rings is 2. The molecule has 3 nitrogen and oxygen atoms in total. The minimum Gasteiger partial charge on any atom is -0.352 e. The first-order chi connectivity index (χ1) is 12.5. The molecule has 3 rings (SSSR count). The van der Waals surface area contributed by atoms with Crippen LogP contribution in [0.3, 0.4) is 0 Å².